The summed E-state index contributed by atoms with van der Waals surface area (Å²) in [5, 5.41) is 0. The van der Waals surface area contributed by atoms with Gasteiger partial charge in [0, 0.05) is 17.6 Å². The van der Waals surface area contributed by atoms with E-state index in [0.717, 1.165) is 29.0 Å². The zero-order chi connectivity index (χ0) is 15.9. The fourth-order valence-electron chi connectivity index (χ4n) is 2.74. The summed E-state index contributed by atoms with van der Waals surface area (Å²) >= 11 is 0. The van der Waals surface area contributed by atoms with Gasteiger partial charge < -0.3 is 10.3 Å². The third kappa shape index (κ3) is 2.77. The fraction of sp³-hybridized carbons (Fsp3) is 0.316. The molecule has 114 valence electrons. The Morgan fingerprint density at radius 2 is 1.77 bits per heavy atom. The first-order chi connectivity index (χ1) is 10.3. The van der Waals surface area contributed by atoms with Gasteiger partial charge in [-0.25, -0.2) is 4.98 Å². The molecule has 0 saturated carbocycles. The Morgan fingerprint density at radius 3 is 2.45 bits per heavy atom. The summed E-state index contributed by atoms with van der Waals surface area (Å²) in [5.41, 5.74) is 11.8. The molecule has 0 aliphatic heterocycles. The van der Waals surface area contributed by atoms with Crippen LogP contribution in [0.3, 0.4) is 0 Å². The largest absolute Gasteiger partial charge is 0.324 e. The molecule has 3 nitrogen and oxygen atoms in total. The van der Waals surface area contributed by atoms with Gasteiger partial charge in [-0.3, -0.25) is 0 Å². The molecule has 0 fully saturated rings. The molecule has 3 heteroatoms. The number of para-hydroxylation sites is 2. The Morgan fingerprint density at radius 1 is 1.05 bits per heavy atom. The van der Waals surface area contributed by atoms with Gasteiger partial charge in [0.15, 0.2) is 0 Å². The molecule has 0 saturated heterocycles. The van der Waals surface area contributed by atoms with Crippen molar-refractivity contribution in [3.8, 4) is 11.4 Å². The van der Waals surface area contributed by atoms with Crippen LogP contribution in [0.4, 0.5) is 0 Å². The Bertz CT molecular complexity index is 822. The van der Waals surface area contributed by atoms with Crippen molar-refractivity contribution in [2.45, 2.75) is 39.8 Å². The minimum absolute atomic E-state index is 0.294. The minimum Gasteiger partial charge on any atom is -0.324 e. The number of imidazole rings is 1. The lowest BCUT2D eigenvalue weighted by Gasteiger charge is -2.21. The van der Waals surface area contributed by atoms with Gasteiger partial charge in [0.05, 0.1) is 11.0 Å². The molecule has 0 atom stereocenters. The van der Waals surface area contributed by atoms with E-state index in [4.69, 9.17) is 10.7 Å². The molecular weight excluding hydrogens is 270 g/mol. The molecule has 0 bridgehead atoms. The Labute approximate surface area is 131 Å². The monoisotopic (exact) mass is 293 g/mol. The first kappa shape index (κ1) is 14.8. The van der Waals surface area contributed by atoms with Crippen molar-refractivity contribution in [3.63, 3.8) is 0 Å². The normalized spacial score (nSPS) is 12.0. The maximum absolute atomic E-state index is 6.27. The van der Waals surface area contributed by atoms with E-state index in [1.807, 2.05) is 26.0 Å². The van der Waals surface area contributed by atoms with Crippen molar-refractivity contribution in [2.24, 2.45) is 5.73 Å². The summed E-state index contributed by atoms with van der Waals surface area (Å²) in [6.45, 7) is 9.09. The van der Waals surface area contributed by atoms with Crippen LogP contribution in [-0.2, 0) is 6.54 Å². The van der Waals surface area contributed by atoms with Crippen LogP contribution < -0.4 is 5.73 Å². The highest BCUT2D eigenvalue weighted by atomic mass is 15.1. The van der Waals surface area contributed by atoms with Crippen LogP contribution in [-0.4, -0.2) is 15.1 Å². The number of aromatic nitrogens is 2. The van der Waals surface area contributed by atoms with Gasteiger partial charge in [-0.15, -0.1) is 0 Å². The van der Waals surface area contributed by atoms with Crippen LogP contribution in [0.25, 0.3) is 22.4 Å². The number of rotatable bonds is 3. The van der Waals surface area contributed by atoms with E-state index in [0.29, 0.717) is 0 Å². The highest BCUT2D eigenvalue weighted by molar-refractivity contribution is 5.80. The maximum Gasteiger partial charge on any atom is 0.141 e. The first-order valence-electron chi connectivity index (χ1n) is 7.67. The number of fused-ring (bicyclic) bond motifs is 1. The van der Waals surface area contributed by atoms with E-state index in [1.54, 1.807) is 0 Å². The van der Waals surface area contributed by atoms with Crippen LogP contribution >= 0.6 is 0 Å². The van der Waals surface area contributed by atoms with E-state index in [2.05, 4.69) is 48.7 Å². The summed E-state index contributed by atoms with van der Waals surface area (Å²) in [5.74, 6) is 0.989. The zero-order valence-corrected chi connectivity index (χ0v) is 13.7. The molecule has 2 N–H and O–H groups in total. The third-order valence-corrected chi connectivity index (χ3v) is 3.99. The summed E-state index contributed by atoms with van der Waals surface area (Å²) in [6.07, 6.45) is 0. The Hall–Kier alpha value is -2.13. The summed E-state index contributed by atoms with van der Waals surface area (Å²) in [7, 11) is 0. The highest BCUT2D eigenvalue weighted by Gasteiger charge is 2.18. The zero-order valence-electron chi connectivity index (χ0n) is 13.7. The smallest absolute Gasteiger partial charge is 0.141 e. The van der Waals surface area contributed by atoms with Gasteiger partial charge >= 0.3 is 0 Å². The van der Waals surface area contributed by atoms with Gasteiger partial charge in [-0.05, 0) is 57.0 Å². The predicted molar refractivity (Wildman–Crippen MR) is 92.9 cm³/mol. The third-order valence-electron chi connectivity index (χ3n) is 3.99. The number of hydrogen-bond donors (Lipinski definition) is 1. The fourth-order valence-corrected chi connectivity index (χ4v) is 2.74. The Balaban J connectivity index is 2.23. The molecule has 0 amide bonds. The molecule has 22 heavy (non-hydrogen) atoms. The van der Waals surface area contributed by atoms with Crippen molar-refractivity contribution in [2.75, 3.05) is 0 Å². The molecule has 1 aromatic heterocycles. The summed E-state index contributed by atoms with van der Waals surface area (Å²) < 4.78 is 2.24. The molecule has 0 aliphatic rings. The molecule has 1 heterocycles. The van der Waals surface area contributed by atoms with Crippen molar-refractivity contribution in [1.82, 2.24) is 9.55 Å². The molecule has 0 radical (unpaired) electrons. The number of benzene rings is 2. The number of nitrogens with two attached hydrogens (primary N) is 1. The quantitative estimate of drug-likeness (QED) is 0.791. The minimum atomic E-state index is -0.294. The highest BCUT2D eigenvalue weighted by Crippen LogP contribution is 2.27. The molecule has 2 aromatic carbocycles. The van der Waals surface area contributed by atoms with E-state index in [-0.39, 0.29) is 5.54 Å². The number of aryl methyl sites for hydroxylation is 2. The molecule has 0 aliphatic carbocycles. The second kappa shape index (κ2) is 5.25. The number of hydrogen-bond acceptors (Lipinski definition) is 2. The Kier molecular flexibility index (Phi) is 3.53. The molecule has 3 aromatic rings. The SMILES string of the molecule is Cc1ccc(-c2nc3ccccc3n2CC(C)(C)N)cc1C. The number of nitrogens with zero attached hydrogens (tertiary/aromatic N) is 2. The van der Waals surface area contributed by atoms with Crippen molar-refractivity contribution in [3.05, 3.63) is 53.6 Å². The molecular formula is C19H23N3. The van der Waals surface area contributed by atoms with Crippen LogP contribution in [0.5, 0.6) is 0 Å². The average Bonchev–Trinajstić information content (AvgIpc) is 2.79. The lowest BCUT2D eigenvalue weighted by molar-refractivity contribution is 0.442. The van der Waals surface area contributed by atoms with Gasteiger partial charge in [0.2, 0.25) is 0 Å². The van der Waals surface area contributed by atoms with Crippen molar-refractivity contribution >= 4 is 11.0 Å². The standard InChI is InChI=1S/C19H23N3/c1-13-9-10-15(11-14(13)2)18-21-16-7-5-6-8-17(16)22(18)12-19(3,4)20/h5-11H,12,20H2,1-4H3. The summed E-state index contributed by atoms with van der Waals surface area (Å²) in [6, 6.07) is 14.7. The van der Waals surface area contributed by atoms with Crippen molar-refractivity contribution < 1.29 is 0 Å². The van der Waals surface area contributed by atoms with E-state index < -0.39 is 0 Å². The van der Waals surface area contributed by atoms with Crippen LogP contribution in [0.1, 0.15) is 25.0 Å². The maximum atomic E-state index is 6.27. The van der Waals surface area contributed by atoms with E-state index >= 15 is 0 Å². The molecule has 0 unspecified atom stereocenters. The first-order valence-corrected chi connectivity index (χ1v) is 7.67. The van der Waals surface area contributed by atoms with Crippen molar-refractivity contribution in [1.29, 1.82) is 0 Å². The predicted octanol–water partition coefficient (Wildman–Crippen LogP) is 4.06. The van der Waals surface area contributed by atoms with Gasteiger partial charge in [-0.2, -0.15) is 0 Å². The van der Waals surface area contributed by atoms with E-state index in [1.165, 1.54) is 11.1 Å². The lowest BCUT2D eigenvalue weighted by atomic mass is 10.0. The topological polar surface area (TPSA) is 43.8 Å². The molecule has 3 rings (SSSR count). The molecule has 0 spiro atoms. The van der Waals surface area contributed by atoms with Gasteiger partial charge in [0.1, 0.15) is 5.82 Å². The van der Waals surface area contributed by atoms with Crippen LogP contribution in [0, 0.1) is 13.8 Å². The van der Waals surface area contributed by atoms with E-state index in [9.17, 15) is 0 Å². The second-order valence-electron chi connectivity index (χ2n) is 6.80. The van der Waals surface area contributed by atoms with Crippen LogP contribution in [0.15, 0.2) is 42.5 Å². The van der Waals surface area contributed by atoms with Gasteiger partial charge in [-0.1, -0.05) is 24.3 Å². The lowest BCUT2D eigenvalue weighted by Crippen LogP contribution is -2.37. The second-order valence-corrected chi connectivity index (χ2v) is 6.80. The average molecular weight is 293 g/mol. The summed E-state index contributed by atoms with van der Waals surface area (Å²) in [4.78, 5) is 4.85. The van der Waals surface area contributed by atoms with Crippen LogP contribution in [0.2, 0.25) is 0 Å². The van der Waals surface area contributed by atoms with Gasteiger partial charge in [0.25, 0.3) is 0 Å².